The van der Waals surface area contributed by atoms with Crippen LogP contribution in [0.4, 0.5) is 5.69 Å². The maximum Gasteiger partial charge on any atom is 0.274 e. The van der Waals surface area contributed by atoms with Crippen LogP contribution in [0.1, 0.15) is 46.7 Å². The van der Waals surface area contributed by atoms with Crippen LogP contribution in [0.5, 0.6) is 0 Å². The molecule has 0 radical (unpaired) electrons. The van der Waals surface area contributed by atoms with Crippen molar-refractivity contribution in [2.45, 2.75) is 31.7 Å². The Morgan fingerprint density at radius 2 is 1.48 bits per heavy atom. The summed E-state index contributed by atoms with van der Waals surface area (Å²) >= 11 is 12.1. The Morgan fingerprint density at radius 1 is 0.920 bits per heavy atom. The predicted octanol–water partition coefficient (Wildman–Crippen LogP) is 4.31. The average Bonchev–Trinajstić information content (AvgIpc) is 3.11. The number of para-hydroxylation sites is 1. The number of carbonyl (C=O) groups excluding carboxylic acids is 2. The second kappa shape index (κ2) is 7.85. The number of halogens is 2. The van der Waals surface area contributed by atoms with Crippen LogP contribution in [0, 0.1) is 0 Å². The highest BCUT2D eigenvalue weighted by atomic mass is 35.5. The van der Waals surface area contributed by atoms with Gasteiger partial charge in [-0.1, -0.05) is 48.2 Å². The third kappa shape index (κ3) is 4.30. The molecule has 0 unspecified atom stereocenters. The zero-order valence-corrected chi connectivity index (χ0v) is 14.9. The summed E-state index contributed by atoms with van der Waals surface area (Å²) in [5, 5.41) is 6.25. The molecule has 2 amide bonds. The fourth-order valence-corrected chi connectivity index (χ4v) is 3.30. The van der Waals surface area contributed by atoms with Crippen molar-refractivity contribution < 1.29 is 9.59 Å². The number of nitrogens with one attached hydrogen (secondary N) is 2. The molecule has 1 fully saturated rings. The third-order valence-corrected chi connectivity index (χ3v) is 4.74. The highest BCUT2D eigenvalue weighted by molar-refractivity contribution is 6.40. The molecule has 5 nitrogen and oxygen atoms in total. The number of pyridine rings is 1. The van der Waals surface area contributed by atoms with Crippen molar-refractivity contribution >= 4 is 40.7 Å². The number of hydrogen-bond acceptors (Lipinski definition) is 3. The van der Waals surface area contributed by atoms with Crippen LogP contribution in [-0.2, 0) is 0 Å². The number of carbonyl (C=O) groups is 2. The number of aromatic nitrogens is 1. The van der Waals surface area contributed by atoms with E-state index < -0.39 is 5.91 Å². The fraction of sp³-hybridized carbons (Fsp3) is 0.278. The fourth-order valence-electron chi connectivity index (χ4n) is 2.81. The van der Waals surface area contributed by atoms with Crippen LogP contribution >= 0.6 is 23.2 Å². The van der Waals surface area contributed by atoms with E-state index in [9.17, 15) is 9.59 Å². The number of benzene rings is 1. The maximum atomic E-state index is 12.4. The van der Waals surface area contributed by atoms with Gasteiger partial charge < -0.3 is 10.6 Å². The lowest BCUT2D eigenvalue weighted by molar-refractivity contribution is 0.0932. The van der Waals surface area contributed by atoms with Crippen molar-refractivity contribution in [3.8, 4) is 0 Å². The van der Waals surface area contributed by atoms with Crippen LogP contribution in [0.2, 0.25) is 10.0 Å². The van der Waals surface area contributed by atoms with Crippen LogP contribution in [0.3, 0.4) is 0 Å². The van der Waals surface area contributed by atoms with Gasteiger partial charge in [0.05, 0.1) is 15.7 Å². The van der Waals surface area contributed by atoms with Gasteiger partial charge in [0.2, 0.25) is 0 Å². The number of nitrogens with zero attached hydrogens (tertiary/aromatic N) is 1. The molecule has 0 spiro atoms. The van der Waals surface area contributed by atoms with Crippen molar-refractivity contribution in [1.82, 2.24) is 10.3 Å². The molecule has 1 saturated carbocycles. The summed E-state index contributed by atoms with van der Waals surface area (Å²) in [6.45, 7) is 0. The molecule has 1 aliphatic carbocycles. The van der Waals surface area contributed by atoms with Gasteiger partial charge in [0.15, 0.2) is 0 Å². The van der Waals surface area contributed by atoms with E-state index in [1.54, 1.807) is 30.3 Å². The molecule has 1 aromatic carbocycles. The number of hydrogen-bond donors (Lipinski definition) is 2. The van der Waals surface area contributed by atoms with Crippen LogP contribution in [0.25, 0.3) is 0 Å². The molecule has 0 atom stereocenters. The summed E-state index contributed by atoms with van der Waals surface area (Å²) in [7, 11) is 0. The first-order valence-electron chi connectivity index (χ1n) is 8.08. The minimum Gasteiger partial charge on any atom is -0.348 e. The molecule has 0 aliphatic heterocycles. The van der Waals surface area contributed by atoms with Gasteiger partial charge in [-0.3, -0.25) is 9.59 Å². The van der Waals surface area contributed by atoms with Gasteiger partial charge in [-0.15, -0.1) is 0 Å². The lowest BCUT2D eigenvalue weighted by Crippen LogP contribution is -2.33. The Hall–Kier alpha value is -2.11. The van der Waals surface area contributed by atoms with E-state index in [0.717, 1.165) is 25.7 Å². The molecule has 130 valence electrons. The van der Waals surface area contributed by atoms with E-state index in [-0.39, 0.29) is 23.3 Å². The molecule has 0 bridgehead atoms. The largest absolute Gasteiger partial charge is 0.348 e. The first-order chi connectivity index (χ1) is 12.0. The summed E-state index contributed by atoms with van der Waals surface area (Å²) in [6.07, 6.45) is 4.21. The first kappa shape index (κ1) is 17.7. The average molecular weight is 378 g/mol. The zero-order chi connectivity index (χ0) is 17.8. The van der Waals surface area contributed by atoms with Gasteiger partial charge in [0.1, 0.15) is 11.4 Å². The summed E-state index contributed by atoms with van der Waals surface area (Å²) in [4.78, 5) is 28.9. The van der Waals surface area contributed by atoms with E-state index in [4.69, 9.17) is 23.2 Å². The summed E-state index contributed by atoms with van der Waals surface area (Å²) in [5.41, 5.74) is 0.651. The molecule has 7 heteroatoms. The van der Waals surface area contributed by atoms with E-state index in [1.165, 1.54) is 6.07 Å². The molecule has 1 heterocycles. The Kier molecular flexibility index (Phi) is 5.56. The van der Waals surface area contributed by atoms with Gasteiger partial charge in [-0.2, -0.15) is 0 Å². The second-order valence-corrected chi connectivity index (χ2v) is 6.73. The molecule has 25 heavy (non-hydrogen) atoms. The molecule has 3 rings (SSSR count). The first-order valence-corrected chi connectivity index (χ1v) is 8.83. The van der Waals surface area contributed by atoms with Crippen LogP contribution < -0.4 is 10.6 Å². The van der Waals surface area contributed by atoms with E-state index in [0.29, 0.717) is 15.7 Å². The third-order valence-electron chi connectivity index (χ3n) is 4.11. The summed E-state index contributed by atoms with van der Waals surface area (Å²) < 4.78 is 0. The normalized spacial score (nSPS) is 14.3. The molecular formula is C18H17Cl2N3O2. The highest BCUT2D eigenvalue weighted by Crippen LogP contribution is 2.30. The van der Waals surface area contributed by atoms with Gasteiger partial charge in [-0.05, 0) is 37.1 Å². The van der Waals surface area contributed by atoms with Gasteiger partial charge in [0.25, 0.3) is 11.8 Å². The van der Waals surface area contributed by atoms with E-state index >= 15 is 0 Å². The predicted molar refractivity (Wildman–Crippen MR) is 98.4 cm³/mol. The summed E-state index contributed by atoms with van der Waals surface area (Å²) in [5.74, 6) is -0.747. The second-order valence-electron chi connectivity index (χ2n) is 5.91. The van der Waals surface area contributed by atoms with Gasteiger partial charge in [0, 0.05) is 6.04 Å². The van der Waals surface area contributed by atoms with Crippen molar-refractivity contribution in [2.75, 3.05) is 5.32 Å². The number of rotatable bonds is 4. The maximum absolute atomic E-state index is 12.4. The van der Waals surface area contributed by atoms with Crippen molar-refractivity contribution in [2.24, 2.45) is 0 Å². The topological polar surface area (TPSA) is 71.1 Å². The Balaban J connectivity index is 1.74. The van der Waals surface area contributed by atoms with E-state index in [1.807, 2.05) is 0 Å². The smallest absolute Gasteiger partial charge is 0.274 e. The lowest BCUT2D eigenvalue weighted by atomic mass is 10.2. The molecule has 1 aromatic heterocycles. The quantitative estimate of drug-likeness (QED) is 0.833. The monoisotopic (exact) mass is 377 g/mol. The molecular weight excluding hydrogens is 361 g/mol. The lowest BCUT2D eigenvalue weighted by Gasteiger charge is -2.12. The highest BCUT2D eigenvalue weighted by Gasteiger charge is 2.20. The Morgan fingerprint density at radius 3 is 2.12 bits per heavy atom. The van der Waals surface area contributed by atoms with Crippen molar-refractivity contribution in [1.29, 1.82) is 0 Å². The minimum absolute atomic E-state index is 0.120. The van der Waals surface area contributed by atoms with Crippen LogP contribution in [0.15, 0.2) is 36.4 Å². The minimum atomic E-state index is -0.481. The van der Waals surface area contributed by atoms with Crippen molar-refractivity contribution in [3.63, 3.8) is 0 Å². The Labute approximate surface area is 155 Å². The molecule has 1 aliphatic rings. The number of anilines is 1. The van der Waals surface area contributed by atoms with Gasteiger partial charge >= 0.3 is 0 Å². The van der Waals surface area contributed by atoms with Crippen LogP contribution in [-0.4, -0.2) is 22.8 Å². The summed E-state index contributed by atoms with van der Waals surface area (Å²) in [6, 6.07) is 9.88. The van der Waals surface area contributed by atoms with E-state index in [2.05, 4.69) is 15.6 Å². The molecule has 0 saturated heterocycles. The molecule has 2 aromatic rings. The Bertz CT molecular complexity index is 784. The zero-order valence-electron chi connectivity index (χ0n) is 13.4. The molecule has 2 N–H and O–H groups in total. The standard InChI is InChI=1S/C18H17Cl2N3O2/c19-12-7-3-8-13(20)16(12)23-18(25)15-10-4-9-14(22-15)17(24)21-11-5-1-2-6-11/h3-4,7-11H,1-2,5-6H2,(H,21,24)(H,23,25). The number of amides is 2. The van der Waals surface area contributed by atoms with Crippen molar-refractivity contribution in [3.05, 3.63) is 57.8 Å². The van der Waals surface area contributed by atoms with Gasteiger partial charge in [-0.25, -0.2) is 4.98 Å². The SMILES string of the molecule is O=C(Nc1c(Cl)cccc1Cl)c1cccc(C(=O)NC2CCCC2)n1.